The number of nitrogens with one attached hydrogen (secondary N) is 1. The molecule has 1 aromatic carbocycles. The van der Waals surface area contributed by atoms with Crippen molar-refractivity contribution in [1.29, 1.82) is 0 Å². The summed E-state index contributed by atoms with van der Waals surface area (Å²) in [7, 11) is 0. The van der Waals surface area contributed by atoms with Crippen LogP contribution >= 0.6 is 35.2 Å². The third kappa shape index (κ3) is 2.63. The van der Waals surface area contributed by atoms with E-state index in [9.17, 15) is 0 Å². The van der Waals surface area contributed by atoms with Crippen molar-refractivity contribution in [2.24, 2.45) is 0 Å². The van der Waals surface area contributed by atoms with E-state index in [1.807, 2.05) is 46.3 Å². The SMILES string of the molecule is S=c1[nH]nc(-c2cccs2)n1Cc1cccc(Cl)c1. The minimum Gasteiger partial charge on any atom is -0.295 e. The highest BCUT2D eigenvalue weighted by Crippen LogP contribution is 2.23. The molecule has 0 aliphatic heterocycles. The Labute approximate surface area is 124 Å². The molecule has 19 heavy (non-hydrogen) atoms. The van der Waals surface area contributed by atoms with Gasteiger partial charge in [-0.2, -0.15) is 5.10 Å². The zero-order valence-corrected chi connectivity index (χ0v) is 12.2. The van der Waals surface area contributed by atoms with Gasteiger partial charge in [0.1, 0.15) is 0 Å². The maximum Gasteiger partial charge on any atom is 0.195 e. The van der Waals surface area contributed by atoms with Crippen LogP contribution in [0.1, 0.15) is 5.56 Å². The van der Waals surface area contributed by atoms with Gasteiger partial charge in [-0.05, 0) is 41.4 Å². The van der Waals surface area contributed by atoms with Crippen molar-refractivity contribution >= 4 is 35.2 Å². The largest absolute Gasteiger partial charge is 0.295 e. The Hall–Kier alpha value is -1.43. The summed E-state index contributed by atoms with van der Waals surface area (Å²) in [6.45, 7) is 0.656. The molecule has 0 aliphatic carbocycles. The average Bonchev–Trinajstić information content (AvgIpc) is 3.01. The third-order valence-corrected chi connectivity index (χ3v) is 4.14. The van der Waals surface area contributed by atoms with Crippen LogP contribution in [0.3, 0.4) is 0 Å². The van der Waals surface area contributed by atoms with Crippen molar-refractivity contribution in [3.8, 4) is 10.7 Å². The van der Waals surface area contributed by atoms with Crippen LogP contribution in [0, 0.1) is 4.77 Å². The van der Waals surface area contributed by atoms with Crippen molar-refractivity contribution in [2.45, 2.75) is 6.54 Å². The van der Waals surface area contributed by atoms with Crippen molar-refractivity contribution in [2.75, 3.05) is 0 Å². The van der Waals surface area contributed by atoms with Crippen LogP contribution < -0.4 is 0 Å². The number of thiophene rings is 1. The molecular weight excluding hydrogens is 298 g/mol. The van der Waals surface area contributed by atoms with Gasteiger partial charge in [0.2, 0.25) is 0 Å². The highest BCUT2D eigenvalue weighted by atomic mass is 35.5. The van der Waals surface area contributed by atoms with Gasteiger partial charge in [-0.15, -0.1) is 11.3 Å². The number of aromatic nitrogens is 3. The number of hydrogen-bond donors (Lipinski definition) is 1. The van der Waals surface area contributed by atoms with Crippen molar-refractivity contribution in [1.82, 2.24) is 14.8 Å². The zero-order chi connectivity index (χ0) is 13.2. The molecule has 0 spiro atoms. The normalized spacial score (nSPS) is 10.8. The molecular formula is C13H10ClN3S2. The minimum absolute atomic E-state index is 0.614. The van der Waals surface area contributed by atoms with Crippen LogP contribution in [0.4, 0.5) is 0 Å². The Balaban J connectivity index is 2.02. The van der Waals surface area contributed by atoms with E-state index in [0.29, 0.717) is 11.3 Å². The molecule has 0 saturated heterocycles. The molecule has 3 aromatic rings. The number of nitrogens with zero attached hydrogens (tertiary/aromatic N) is 2. The van der Waals surface area contributed by atoms with E-state index >= 15 is 0 Å². The summed E-state index contributed by atoms with van der Waals surface area (Å²) in [5.41, 5.74) is 1.10. The quantitative estimate of drug-likeness (QED) is 0.729. The van der Waals surface area contributed by atoms with E-state index in [-0.39, 0.29) is 0 Å². The second-order valence-electron chi connectivity index (χ2n) is 4.05. The monoisotopic (exact) mass is 307 g/mol. The van der Waals surface area contributed by atoms with Crippen molar-refractivity contribution < 1.29 is 0 Å². The molecule has 0 saturated carbocycles. The first kappa shape index (κ1) is 12.6. The van der Waals surface area contributed by atoms with E-state index in [0.717, 1.165) is 21.3 Å². The number of H-pyrrole nitrogens is 1. The number of benzene rings is 1. The molecule has 3 nitrogen and oxygen atoms in total. The van der Waals surface area contributed by atoms with E-state index in [4.69, 9.17) is 23.8 Å². The Morgan fingerprint density at radius 3 is 2.95 bits per heavy atom. The van der Waals surface area contributed by atoms with Gasteiger partial charge >= 0.3 is 0 Å². The fraction of sp³-hybridized carbons (Fsp3) is 0.0769. The molecule has 0 radical (unpaired) electrons. The van der Waals surface area contributed by atoms with Crippen LogP contribution in [-0.4, -0.2) is 14.8 Å². The molecule has 1 N–H and O–H groups in total. The highest BCUT2D eigenvalue weighted by Gasteiger charge is 2.10. The second kappa shape index (κ2) is 5.28. The molecule has 6 heteroatoms. The Morgan fingerprint density at radius 1 is 1.32 bits per heavy atom. The van der Waals surface area contributed by atoms with Crippen LogP contribution in [0.2, 0.25) is 5.02 Å². The molecule has 2 heterocycles. The lowest BCUT2D eigenvalue weighted by atomic mass is 10.2. The topological polar surface area (TPSA) is 33.6 Å². The second-order valence-corrected chi connectivity index (χ2v) is 5.82. The summed E-state index contributed by atoms with van der Waals surface area (Å²) in [5.74, 6) is 0.861. The van der Waals surface area contributed by atoms with E-state index in [2.05, 4.69) is 10.2 Å². The first-order valence-corrected chi connectivity index (χ1v) is 7.34. The lowest BCUT2D eigenvalue weighted by Crippen LogP contribution is -2.01. The maximum absolute atomic E-state index is 6.01. The van der Waals surface area contributed by atoms with Crippen molar-refractivity contribution in [3.05, 3.63) is 57.1 Å². The molecule has 0 fully saturated rings. The summed E-state index contributed by atoms with van der Waals surface area (Å²) in [4.78, 5) is 1.09. The predicted molar refractivity (Wildman–Crippen MR) is 81.3 cm³/mol. The Kier molecular flexibility index (Phi) is 3.50. The predicted octanol–water partition coefficient (Wildman–Crippen LogP) is 4.37. The maximum atomic E-state index is 6.01. The Morgan fingerprint density at radius 2 is 2.21 bits per heavy atom. The van der Waals surface area contributed by atoms with Crippen molar-refractivity contribution in [3.63, 3.8) is 0 Å². The van der Waals surface area contributed by atoms with Crippen LogP contribution in [0.15, 0.2) is 41.8 Å². The number of halogens is 1. The highest BCUT2D eigenvalue weighted by molar-refractivity contribution is 7.71. The van der Waals surface area contributed by atoms with Crippen LogP contribution in [-0.2, 0) is 6.54 Å². The van der Waals surface area contributed by atoms with E-state index < -0.39 is 0 Å². The lowest BCUT2D eigenvalue weighted by molar-refractivity contribution is 0.792. The van der Waals surface area contributed by atoms with Gasteiger partial charge in [-0.3, -0.25) is 9.67 Å². The van der Waals surface area contributed by atoms with Crippen LogP contribution in [0.5, 0.6) is 0 Å². The standard InChI is InChI=1S/C13H10ClN3S2/c14-10-4-1-3-9(7-10)8-17-12(15-16-13(17)18)11-5-2-6-19-11/h1-7H,8H2,(H,16,18). The number of rotatable bonds is 3. The molecule has 2 aromatic heterocycles. The van der Waals surface area contributed by atoms with Gasteiger partial charge in [-0.25, -0.2) is 0 Å². The van der Waals surface area contributed by atoms with E-state index in [1.54, 1.807) is 11.3 Å². The fourth-order valence-electron chi connectivity index (χ4n) is 1.88. The molecule has 0 amide bonds. The van der Waals surface area contributed by atoms with Gasteiger partial charge < -0.3 is 0 Å². The summed E-state index contributed by atoms with van der Waals surface area (Å²) < 4.78 is 2.59. The minimum atomic E-state index is 0.614. The molecule has 0 unspecified atom stereocenters. The number of hydrogen-bond acceptors (Lipinski definition) is 3. The van der Waals surface area contributed by atoms with Gasteiger partial charge in [0.15, 0.2) is 10.6 Å². The first-order chi connectivity index (χ1) is 9.24. The van der Waals surface area contributed by atoms with Gasteiger partial charge in [0.05, 0.1) is 11.4 Å². The zero-order valence-electron chi connectivity index (χ0n) is 9.84. The number of aromatic amines is 1. The van der Waals surface area contributed by atoms with Gasteiger partial charge in [0, 0.05) is 5.02 Å². The molecule has 3 rings (SSSR count). The summed E-state index contributed by atoms with van der Waals surface area (Å²) in [6, 6.07) is 11.8. The third-order valence-electron chi connectivity index (χ3n) is 2.73. The average molecular weight is 308 g/mol. The summed E-state index contributed by atoms with van der Waals surface area (Å²) >= 11 is 12.9. The van der Waals surface area contributed by atoms with Gasteiger partial charge in [-0.1, -0.05) is 29.8 Å². The Bertz CT molecular complexity index is 743. The van der Waals surface area contributed by atoms with E-state index in [1.165, 1.54) is 0 Å². The molecule has 96 valence electrons. The summed E-state index contributed by atoms with van der Waals surface area (Å²) in [5, 5.41) is 9.90. The smallest absolute Gasteiger partial charge is 0.195 e. The summed E-state index contributed by atoms with van der Waals surface area (Å²) in [6.07, 6.45) is 0. The lowest BCUT2D eigenvalue weighted by Gasteiger charge is -2.06. The van der Waals surface area contributed by atoms with Gasteiger partial charge in [0.25, 0.3) is 0 Å². The first-order valence-electron chi connectivity index (χ1n) is 5.67. The molecule has 0 bridgehead atoms. The molecule has 0 aliphatic rings. The molecule has 0 atom stereocenters. The van der Waals surface area contributed by atoms with Crippen LogP contribution in [0.25, 0.3) is 10.7 Å². The fourth-order valence-corrected chi connectivity index (χ4v) is 3.01.